The molecule has 1 heterocycles. The summed E-state index contributed by atoms with van der Waals surface area (Å²) in [5.41, 5.74) is 1.06. The molecule has 0 radical (unpaired) electrons. The monoisotopic (exact) mass is 204 g/mol. The van der Waals surface area contributed by atoms with Crippen LogP contribution < -0.4 is 4.74 Å². The molecule has 15 heavy (non-hydrogen) atoms. The van der Waals surface area contributed by atoms with Gasteiger partial charge in [-0.25, -0.2) is 0 Å². The fourth-order valence-corrected chi connectivity index (χ4v) is 2.55. The minimum atomic E-state index is 0.00282. The molecule has 0 aromatic heterocycles. The van der Waals surface area contributed by atoms with Crippen LogP contribution in [0.15, 0.2) is 18.2 Å². The first-order chi connectivity index (χ1) is 7.24. The lowest BCUT2D eigenvalue weighted by atomic mass is 9.83. The van der Waals surface area contributed by atoms with Crippen LogP contribution in [0.2, 0.25) is 0 Å². The van der Waals surface area contributed by atoms with Crippen molar-refractivity contribution >= 4 is 5.78 Å². The summed E-state index contributed by atoms with van der Waals surface area (Å²) in [5.74, 6) is 1.69. The third-order valence-electron chi connectivity index (χ3n) is 3.28. The minimum absolute atomic E-state index is 0.00282. The highest BCUT2D eigenvalue weighted by Gasteiger charge is 2.38. The zero-order valence-electron chi connectivity index (χ0n) is 8.27. The summed E-state index contributed by atoms with van der Waals surface area (Å²) in [6.45, 7) is 0. The van der Waals surface area contributed by atoms with E-state index in [1.54, 1.807) is 18.2 Å². The van der Waals surface area contributed by atoms with Gasteiger partial charge in [-0.05, 0) is 24.6 Å². The quantitative estimate of drug-likeness (QED) is 0.703. The van der Waals surface area contributed by atoms with Crippen molar-refractivity contribution in [3.63, 3.8) is 0 Å². The topological polar surface area (TPSA) is 46.5 Å². The first-order valence-corrected chi connectivity index (χ1v) is 5.25. The van der Waals surface area contributed by atoms with Gasteiger partial charge in [-0.15, -0.1) is 0 Å². The second kappa shape index (κ2) is 2.99. The van der Waals surface area contributed by atoms with E-state index in [9.17, 15) is 9.90 Å². The fourth-order valence-electron chi connectivity index (χ4n) is 2.55. The highest BCUT2D eigenvalue weighted by Crippen LogP contribution is 2.45. The van der Waals surface area contributed by atoms with Crippen LogP contribution in [0.5, 0.6) is 11.5 Å². The van der Waals surface area contributed by atoms with Crippen LogP contribution in [0.1, 0.15) is 30.7 Å². The zero-order valence-corrected chi connectivity index (χ0v) is 8.27. The maximum absolute atomic E-state index is 11.3. The number of fused-ring (bicyclic) bond motifs is 3. The van der Waals surface area contributed by atoms with Gasteiger partial charge < -0.3 is 9.84 Å². The maximum Gasteiger partial charge on any atom is 0.136 e. The predicted molar refractivity (Wildman–Crippen MR) is 54.1 cm³/mol. The van der Waals surface area contributed by atoms with Gasteiger partial charge >= 0.3 is 0 Å². The van der Waals surface area contributed by atoms with E-state index in [0.29, 0.717) is 18.8 Å². The number of hydrogen-bond donors (Lipinski definition) is 1. The molecule has 2 aliphatic rings. The van der Waals surface area contributed by atoms with E-state index in [-0.39, 0.29) is 17.6 Å². The molecule has 1 aromatic carbocycles. The molecule has 3 rings (SSSR count). The van der Waals surface area contributed by atoms with E-state index in [1.807, 2.05) is 0 Å². The van der Waals surface area contributed by atoms with Crippen molar-refractivity contribution < 1.29 is 14.6 Å². The zero-order chi connectivity index (χ0) is 10.4. The van der Waals surface area contributed by atoms with Gasteiger partial charge in [-0.1, -0.05) is 0 Å². The average molecular weight is 204 g/mol. The van der Waals surface area contributed by atoms with Crippen LogP contribution in [-0.2, 0) is 4.79 Å². The molecule has 1 fully saturated rings. The Bertz CT molecular complexity index is 425. The molecule has 1 N–H and O–H groups in total. The van der Waals surface area contributed by atoms with Crippen LogP contribution in [-0.4, -0.2) is 17.0 Å². The summed E-state index contributed by atoms with van der Waals surface area (Å²) in [6.07, 6.45) is 2.00. The van der Waals surface area contributed by atoms with Crippen LogP contribution in [0, 0.1) is 0 Å². The summed E-state index contributed by atoms with van der Waals surface area (Å²) < 4.78 is 5.70. The average Bonchev–Trinajstić information content (AvgIpc) is 2.54. The molecule has 0 saturated heterocycles. The molecule has 1 aliphatic heterocycles. The first kappa shape index (κ1) is 8.77. The smallest absolute Gasteiger partial charge is 0.136 e. The molecular formula is C12H12O3. The number of phenols is 1. The lowest BCUT2D eigenvalue weighted by molar-refractivity contribution is -0.122. The number of hydrogen-bond acceptors (Lipinski definition) is 3. The van der Waals surface area contributed by atoms with Gasteiger partial charge in [-0.3, -0.25) is 4.79 Å². The molecule has 2 atom stereocenters. The van der Waals surface area contributed by atoms with Crippen molar-refractivity contribution in [2.45, 2.75) is 31.3 Å². The highest BCUT2D eigenvalue weighted by atomic mass is 16.5. The Balaban J connectivity index is 1.99. The molecule has 3 nitrogen and oxygen atoms in total. The second-order valence-corrected chi connectivity index (χ2v) is 4.27. The minimum Gasteiger partial charge on any atom is -0.508 e. The summed E-state index contributed by atoms with van der Waals surface area (Å²) in [4.78, 5) is 11.3. The Morgan fingerprint density at radius 3 is 3.13 bits per heavy atom. The number of Topliss-reactive ketones (excluding diaryl/α,β-unsaturated/α-hetero) is 1. The molecule has 1 aromatic rings. The number of phenolic OH excluding ortho intramolecular Hbond substituents is 1. The van der Waals surface area contributed by atoms with E-state index in [2.05, 4.69) is 0 Å². The van der Waals surface area contributed by atoms with Crippen molar-refractivity contribution in [1.82, 2.24) is 0 Å². The Morgan fingerprint density at radius 2 is 2.27 bits per heavy atom. The van der Waals surface area contributed by atoms with E-state index in [1.165, 1.54) is 0 Å². The van der Waals surface area contributed by atoms with Gasteiger partial charge in [-0.2, -0.15) is 0 Å². The Morgan fingerprint density at radius 1 is 1.40 bits per heavy atom. The second-order valence-electron chi connectivity index (χ2n) is 4.27. The third kappa shape index (κ3) is 1.30. The molecule has 1 saturated carbocycles. The summed E-state index contributed by atoms with van der Waals surface area (Å²) in [6, 6.07) is 5.17. The standard InChI is InChI=1S/C12H12O3/c13-7-2-4-11-10(5-7)9-3-1-8(14)6-12(9)15-11/h2,4-5,9,12-13H,1,3,6H2. The van der Waals surface area contributed by atoms with Crippen LogP contribution in [0.4, 0.5) is 0 Å². The maximum atomic E-state index is 11.3. The molecular weight excluding hydrogens is 192 g/mol. The van der Waals surface area contributed by atoms with Gasteiger partial charge in [0, 0.05) is 24.3 Å². The summed E-state index contributed by atoms with van der Waals surface area (Å²) in [5, 5.41) is 9.42. The Hall–Kier alpha value is -1.51. The number of ether oxygens (including phenoxy) is 1. The normalized spacial score (nSPS) is 28.1. The number of rotatable bonds is 0. The summed E-state index contributed by atoms with van der Waals surface area (Å²) in [7, 11) is 0. The van der Waals surface area contributed by atoms with Crippen LogP contribution in [0.3, 0.4) is 0 Å². The van der Waals surface area contributed by atoms with Gasteiger partial charge in [0.1, 0.15) is 23.4 Å². The van der Waals surface area contributed by atoms with Crippen LogP contribution >= 0.6 is 0 Å². The lowest BCUT2D eigenvalue weighted by Gasteiger charge is -2.22. The van der Waals surface area contributed by atoms with Gasteiger partial charge in [0.15, 0.2) is 0 Å². The van der Waals surface area contributed by atoms with Crippen molar-refractivity contribution in [2.75, 3.05) is 0 Å². The Kier molecular flexibility index (Phi) is 1.75. The predicted octanol–water partition coefficient (Wildman–Crippen LogP) is 1.99. The molecule has 3 heteroatoms. The first-order valence-electron chi connectivity index (χ1n) is 5.25. The highest BCUT2D eigenvalue weighted by molar-refractivity contribution is 5.80. The number of benzene rings is 1. The molecule has 0 spiro atoms. The number of carbonyl (C=O) groups excluding carboxylic acids is 1. The van der Waals surface area contributed by atoms with Gasteiger partial charge in [0.25, 0.3) is 0 Å². The molecule has 0 bridgehead atoms. The van der Waals surface area contributed by atoms with Gasteiger partial charge in [0.2, 0.25) is 0 Å². The largest absolute Gasteiger partial charge is 0.508 e. The van der Waals surface area contributed by atoms with Crippen molar-refractivity contribution in [1.29, 1.82) is 0 Å². The molecule has 2 unspecified atom stereocenters. The summed E-state index contributed by atoms with van der Waals surface area (Å²) >= 11 is 0. The third-order valence-corrected chi connectivity index (χ3v) is 3.28. The van der Waals surface area contributed by atoms with E-state index in [0.717, 1.165) is 17.7 Å². The van der Waals surface area contributed by atoms with Crippen LogP contribution in [0.25, 0.3) is 0 Å². The van der Waals surface area contributed by atoms with Crippen molar-refractivity contribution in [2.24, 2.45) is 0 Å². The van der Waals surface area contributed by atoms with E-state index < -0.39 is 0 Å². The number of carbonyl (C=O) groups is 1. The number of ketones is 1. The lowest BCUT2D eigenvalue weighted by Crippen LogP contribution is -2.27. The fraction of sp³-hybridized carbons (Fsp3) is 0.417. The van der Waals surface area contributed by atoms with Crippen molar-refractivity contribution in [3.8, 4) is 11.5 Å². The number of aromatic hydroxyl groups is 1. The van der Waals surface area contributed by atoms with E-state index >= 15 is 0 Å². The molecule has 78 valence electrons. The molecule has 1 aliphatic carbocycles. The Labute approximate surface area is 87.7 Å². The SMILES string of the molecule is O=C1CCC2c3cc(O)ccc3OC2C1. The molecule has 0 amide bonds. The van der Waals surface area contributed by atoms with E-state index in [4.69, 9.17) is 4.74 Å². The van der Waals surface area contributed by atoms with Gasteiger partial charge in [0.05, 0.1) is 0 Å². The van der Waals surface area contributed by atoms with Crippen molar-refractivity contribution in [3.05, 3.63) is 23.8 Å².